The molecule has 0 heteroatoms. The molecule has 1 aliphatic carbocycles. The topological polar surface area (TPSA) is 0 Å². The van der Waals surface area contributed by atoms with Crippen LogP contribution in [-0.4, -0.2) is 0 Å². The summed E-state index contributed by atoms with van der Waals surface area (Å²) < 4.78 is 0. The highest BCUT2D eigenvalue weighted by Gasteiger charge is 2.10. The van der Waals surface area contributed by atoms with Gasteiger partial charge in [-0.05, 0) is 25.2 Å². The molecule has 0 aliphatic heterocycles. The van der Waals surface area contributed by atoms with Crippen LogP contribution in [0.1, 0.15) is 45.4 Å². The molecule has 0 unspecified atom stereocenters. The lowest BCUT2D eigenvalue weighted by atomic mass is 9.88. The largest absolute Gasteiger partial charge is 0.0648 e. The van der Waals surface area contributed by atoms with Gasteiger partial charge in [0, 0.05) is 0 Å². The zero-order valence-corrected chi connectivity index (χ0v) is 5.74. The Kier molecular flexibility index (Phi) is 2.38. The van der Waals surface area contributed by atoms with Gasteiger partial charge >= 0.3 is 0 Å². The van der Waals surface area contributed by atoms with Gasteiger partial charge in [-0.2, -0.15) is 0 Å². The maximum atomic E-state index is 2.28. The maximum absolute atomic E-state index is 2.28. The van der Waals surface area contributed by atoms with E-state index in [1.165, 1.54) is 38.5 Å². The molecule has 0 bridgehead atoms. The van der Waals surface area contributed by atoms with Crippen molar-refractivity contribution in [2.45, 2.75) is 45.4 Å². The van der Waals surface area contributed by atoms with E-state index in [2.05, 4.69) is 6.92 Å². The second-order valence-electron chi connectivity index (χ2n) is 2.66. The SMILES string of the molecule is CC[C]1CCCCC1. The van der Waals surface area contributed by atoms with Crippen molar-refractivity contribution in [2.24, 2.45) is 0 Å². The van der Waals surface area contributed by atoms with Gasteiger partial charge in [0.05, 0.1) is 0 Å². The summed E-state index contributed by atoms with van der Waals surface area (Å²) in [6.07, 6.45) is 8.59. The molecule has 0 atom stereocenters. The van der Waals surface area contributed by atoms with Crippen LogP contribution in [0.4, 0.5) is 0 Å². The number of hydrogen-bond acceptors (Lipinski definition) is 0. The summed E-state index contributed by atoms with van der Waals surface area (Å²) in [5, 5.41) is 0. The standard InChI is InChI=1S/C8H15/c1-2-8-6-4-3-5-7-8/h2-7H2,1H3. The fourth-order valence-electron chi connectivity index (χ4n) is 1.41. The highest BCUT2D eigenvalue weighted by Crippen LogP contribution is 2.27. The van der Waals surface area contributed by atoms with Crippen LogP contribution in [0, 0.1) is 5.92 Å². The van der Waals surface area contributed by atoms with Crippen LogP contribution in [-0.2, 0) is 0 Å². The molecular formula is C8H15. The molecule has 0 N–H and O–H groups in total. The second-order valence-corrected chi connectivity index (χ2v) is 2.66. The lowest BCUT2D eigenvalue weighted by Crippen LogP contribution is -2.01. The number of hydrogen-bond donors (Lipinski definition) is 0. The molecule has 1 fully saturated rings. The summed E-state index contributed by atoms with van der Waals surface area (Å²) in [5.41, 5.74) is 0. The molecule has 1 radical (unpaired) electrons. The van der Waals surface area contributed by atoms with Gasteiger partial charge in [0.25, 0.3) is 0 Å². The van der Waals surface area contributed by atoms with E-state index in [0.717, 1.165) is 0 Å². The van der Waals surface area contributed by atoms with E-state index in [-0.39, 0.29) is 0 Å². The first-order valence-electron chi connectivity index (χ1n) is 3.77. The summed E-state index contributed by atoms with van der Waals surface area (Å²) in [4.78, 5) is 0. The highest BCUT2D eigenvalue weighted by atomic mass is 14.2. The Morgan fingerprint density at radius 2 is 1.75 bits per heavy atom. The molecule has 0 aromatic rings. The van der Waals surface area contributed by atoms with Gasteiger partial charge < -0.3 is 0 Å². The number of rotatable bonds is 1. The minimum absolute atomic E-state index is 1.33. The quantitative estimate of drug-likeness (QED) is 0.488. The maximum Gasteiger partial charge on any atom is -0.0244 e. The van der Waals surface area contributed by atoms with Crippen LogP contribution in [0.25, 0.3) is 0 Å². The van der Waals surface area contributed by atoms with Crippen LogP contribution < -0.4 is 0 Å². The predicted molar refractivity (Wildman–Crippen MR) is 36.6 cm³/mol. The van der Waals surface area contributed by atoms with Crippen molar-refractivity contribution < 1.29 is 0 Å². The van der Waals surface area contributed by atoms with Gasteiger partial charge in [-0.15, -0.1) is 0 Å². The first kappa shape index (κ1) is 6.12. The average molecular weight is 111 g/mol. The molecule has 0 spiro atoms. The van der Waals surface area contributed by atoms with Crippen molar-refractivity contribution in [2.75, 3.05) is 0 Å². The van der Waals surface area contributed by atoms with Crippen molar-refractivity contribution in [3.05, 3.63) is 5.92 Å². The van der Waals surface area contributed by atoms with Crippen molar-refractivity contribution in [3.8, 4) is 0 Å². The van der Waals surface area contributed by atoms with Gasteiger partial charge in [0.15, 0.2) is 0 Å². The second kappa shape index (κ2) is 3.11. The summed E-state index contributed by atoms with van der Waals surface area (Å²) >= 11 is 0. The Morgan fingerprint density at radius 1 is 1.12 bits per heavy atom. The van der Waals surface area contributed by atoms with Gasteiger partial charge in [-0.1, -0.05) is 26.2 Å². The van der Waals surface area contributed by atoms with Crippen molar-refractivity contribution in [1.29, 1.82) is 0 Å². The third kappa shape index (κ3) is 1.50. The zero-order chi connectivity index (χ0) is 5.82. The molecular weight excluding hydrogens is 96.1 g/mol. The van der Waals surface area contributed by atoms with Gasteiger partial charge in [0.1, 0.15) is 0 Å². The summed E-state index contributed by atoms with van der Waals surface area (Å²) in [5.74, 6) is 1.80. The average Bonchev–Trinajstić information content (AvgIpc) is 1.90. The third-order valence-electron chi connectivity index (χ3n) is 2.06. The Balaban J connectivity index is 2.13. The molecule has 0 nitrogen and oxygen atoms in total. The summed E-state index contributed by atoms with van der Waals surface area (Å²) in [6, 6.07) is 0. The molecule has 0 saturated heterocycles. The van der Waals surface area contributed by atoms with Crippen molar-refractivity contribution in [3.63, 3.8) is 0 Å². The zero-order valence-electron chi connectivity index (χ0n) is 5.74. The first-order chi connectivity index (χ1) is 3.93. The van der Waals surface area contributed by atoms with Crippen molar-refractivity contribution in [1.82, 2.24) is 0 Å². The Labute approximate surface area is 52.3 Å². The molecule has 47 valence electrons. The van der Waals surface area contributed by atoms with E-state index < -0.39 is 0 Å². The molecule has 0 amide bonds. The van der Waals surface area contributed by atoms with Crippen LogP contribution in [0.15, 0.2) is 0 Å². The summed E-state index contributed by atoms with van der Waals surface area (Å²) in [7, 11) is 0. The lowest BCUT2D eigenvalue weighted by Gasteiger charge is -2.18. The Morgan fingerprint density at radius 3 is 2.12 bits per heavy atom. The molecule has 8 heavy (non-hydrogen) atoms. The van der Waals surface area contributed by atoms with Gasteiger partial charge in [0.2, 0.25) is 0 Å². The molecule has 1 saturated carbocycles. The normalized spacial score (nSPS) is 23.6. The van der Waals surface area contributed by atoms with Crippen LogP contribution in [0.5, 0.6) is 0 Å². The van der Waals surface area contributed by atoms with E-state index in [4.69, 9.17) is 0 Å². The third-order valence-corrected chi connectivity index (χ3v) is 2.06. The van der Waals surface area contributed by atoms with E-state index in [0.29, 0.717) is 0 Å². The monoisotopic (exact) mass is 111 g/mol. The molecule has 0 aromatic heterocycles. The van der Waals surface area contributed by atoms with Crippen molar-refractivity contribution >= 4 is 0 Å². The van der Waals surface area contributed by atoms with Crippen LogP contribution in [0.3, 0.4) is 0 Å². The van der Waals surface area contributed by atoms with Crippen LogP contribution in [0.2, 0.25) is 0 Å². The Bertz CT molecular complexity index is 51.1. The van der Waals surface area contributed by atoms with E-state index in [1.54, 1.807) is 5.92 Å². The fourth-order valence-corrected chi connectivity index (χ4v) is 1.41. The first-order valence-corrected chi connectivity index (χ1v) is 3.77. The Hall–Kier alpha value is 0. The molecule has 1 rings (SSSR count). The molecule has 1 aliphatic rings. The van der Waals surface area contributed by atoms with E-state index in [1.807, 2.05) is 0 Å². The van der Waals surface area contributed by atoms with Gasteiger partial charge in [-0.25, -0.2) is 0 Å². The van der Waals surface area contributed by atoms with E-state index >= 15 is 0 Å². The minimum atomic E-state index is 1.33. The fraction of sp³-hybridized carbons (Fsp3) is 0.875. The molecule has 0 heterocycles. The lowest BCUT2D eigenvalue weighted by molar-refractivity contribution is 0.515. The predicted octanol–water partition coefficient (Wildman–Crippen LogP) is 2.93. The molecule has 0 aromatic carbocycles. The summed E-state index contributed by atoms with van der Waals surface area (Å²) in [6.45, 7) is 2.28. The highest BCUT2D eigenvalue weighted by molar-refractivity contribution is 4.90. The minimum Gasteiger partial charge on any atom is -0.0648 e. The van der Waals surface area contributed by atoms with Crippen LogP contribution >= 0.6 is 0 Å². The van der Waals surface area contributed by atoms with Gasteiger partial charge in [-0.3, -0.25) is 0 Å². The smallest absolute Gasteiger partial charge is 0.0244 e. The van der Waals surface area contributed by atoms with E-state index in [9.17, 15) is 0 Å².